The molecule has 1 aromatic carbocycles. The van der Waals surface area contributed by atoms with E-state index in [0.717, 1.165) is 0 Å². The summed E-state index contributed by atoms with van der Waals surface area (Å²) in [5.74, 6) is 0.261. The van der Waals surface area contributed by atoms with E-state index in [9.17, 15) is 9.59 Å². The topological polar surface area (TPSA) is 84.7 Å². The summed E-state index contributed by atoms with van der Waals surface area (Å²) in [7, 11) is 3.37. The highest BCUT2D eigenvalue weighted by atomic mass is 16.5. The molecule has 0 aromatic heterocycles. The Morgan fingerprint density at radius 2 is 2.05 bits per heavy atom. The van der Waals surface area contributed by atoms with Gasteiger partial charge in [0.2, 0.25) is 5.91 Å². The van der Waals surface area contributed by atoms with Gasteiger partial charge >= 0.3 is 0 Å². The fourth-order valence-corrected chi connectivity index (χ4v) is 1.77. The first kappa shape index (κ1) is 17.0. The zero-order valence-corrected chi connectivity index (χ0v) is 12.8. The number of carbonyl (C=O) groups excluding carboxylic acids is 2. The molecule has 2 amide bonds. The van der Waals surface area contributed by atoms with E-state index in [1.54, 1.807) is 32.3 Å². The number of carbonyl (C=O) groups is 2. The van der Waals surface area contributed by atoms with Crippen molar-refractivity contribution < 1.29 is 14.3 Å². The maximum Gasteiger partial charge on any atom is 0.253 e. The molecule has 116 valence electrons. The molecule has 0 saturated heterocycles. The van der Waals surface area contributed by atoms with Gasteiger partial charge in [-0.05, 0) is 38.1 Å². The summed E-state index contributed by atoms with van der Waals surface area (Å²) in [5.41, 5.74) is 6.46. The Bertz CT molecular complexity index is 501. The minimum atomic E-state index is -0.118. The molecule has 0 aliphatic heterocycles. The first-order valence-electron chi connectivity index (χ1n) is 6.98. The SMILES string of the molecule is CCOc1cc(C(=O)N(C)C)ccc1NC(=O)CCCN. The Morgan fingerprint density at radius 1 is 1.33 bits per heavy atom. The summed E-state index contributed by atoms with van der Waals surface area (Å²) < 4.78 is 5.50. The molecule has 6 heteroatoms. The zero-order chi connectivity index (χ0) is 15.8. The van der Waals surface area contributed by atoms with E-state index in [0.29, 0.717) is 43.0 Å². The summed E-state index contributed by atoms with van der Waals surface area (Å²) in [6.45, 7) is 2.77. The standard InChI is InChI=1S/C15H23N3O3/c1-4-21-13-10-11(15(20)18(2)3)7-8-12(13)17-14(19)6-5-9-16/h7-8,10H,4-6,9,16H2,1-3H3,(H,17,19). The molecule has 0 unspecified atom stereocenters. The van der Waals surface area contributed by atoms with Crippen molar-refractivity contribution >= 4 is 17.5 Å². The van der Waals surface area contributed by atoms with E-state index >= 15 is 0 Å². The molecule has 3 N–H and O–H groups in total. The van der Waals surface area contributed by atoms with Gasteiger partial charge < -0.3 is 20.7 Å². The molecule has 0 heterocycles. The van der Waals surface area contributed by atoms with Crippen LogP contribution < -0.4 is 15.8 Å². The van der Waals surface area contributed by atoms with E-state index < -0.39 is 0 Å². The Kier molecular flexibility index (Phi) is 6.68. The molecule has 0 aliphatic carbocycles. The summed E-state index contributed by atoms with van der Waals surface area (Å²) >= 11 is 0. The maximum absolute atomic E-state index is 11.9. The van der Waals surface area contributed by atoms with Crippen LogP contribution in [0.5, 0.6) is 5.75 Å². The van der Waals surface area contributed by atoms with Crippen LogP contribution in [0.1, 0.15) is 30.1 Å². The third-order valence-corrected chi connectivity index (χ3v) is 2.82. The Morgan fingerprint density at radius 3 is 2.62 bits per heavy atom. The van der Waals surface area contributed by atoms with Crippen LogP contribution in [0.25, 0.3) is 0 Å². The fraction of sp³-hybridized carbons (Fsp3) is 0.467. The van der Waals surface area contributed by atoms with Crippen LogP contribution in [0.2, 0.25) is 0 Å². The van der Waals surface area contributed by atoms with Gasteiger partial charge in [-0.15, -0.1) is 0 Å². The molecule has 21 heavy (non-hydrogen) atoms. The predicted octanol–water partition coefficient (Wildman–Crippen LogP) is 1.46. The highest BCUT2D eigenvalue weighted by Crippen LogP contribution is 2.26. The number of anilines is 1. The van der Waals surface area contributed by atoms with Crippen LogP contribution in [0, 0.1) is 0 Å². The van der Waals surface area contributed by atoms with Crippen LogP contribution in [-0.2, 0) is 4.79 Å². The van der Waals surface area contributed by atoms with Crippen molar-refractivity contribution in [3.05, 3.63) is 23.8 Å². The van der Waals surface area contributed by atoms with Gasteiger partial charge in [-0.2, -0.15) is 0 Å². The smallest absolute Gasteiger partial charge is 0.253 e. The first-order chi connectivity index (χ1) is 9.99. The second kappa shape index (κ2) is 8.26. The van der Waals surface area contributed by atoms with Gasteiger partial charge in [0.25, 0.3) is 5.91 Å². The van der Waals surface area contributed by atoms with Crippen LogP contribution >= 0.6 is 0 Å². The molecular weight excluding hydrogens is 270 g/mol. The lowest BCUT2D eigenvalue weighted by atomic mass is 10.1. The van der Waals surface area contributed by atoms with Crippen molar-refractivity contribution in [2.45, 2.75) is 19.8 Å². The molecule has 0 radical (unpaired) electrons. The van der Waals surface area contributed by atoms with Crippen LogP contribution in [0.3, 0.4) is 0 Å². The van der Waals surface area contributed by atoms with Crippen molar-refractivity contribution in [3.63, 3.8) is 0 Å². The van der Waals surface area contributed by atoms with Crippen LogP contribution in [-0.4, -0.2) is 44.0 Å². The zero-order valence-electron chi connectivity index (χ0n) is 12.8. The number of nitrogens with zero attached hydrogens (tertiary/aromatic N) is 1. The molecule has 0 fully saturated rings. The Labute approximate surface area is 125 Å². The molecule has 1 rings (SSSR count). The van der Waals surface area contributed by atoms with Crippen molar-refractivity contribution in [1.29, 1.82) is 0 Å². The van der Waals surface area contributed by atoms with Gasteiger partial charge in [0.15, 0.2) is 0 Å². The van der Waals surface area contributed by atoms with Crippen molar-refractivity contribution in [1.82, 2.24) is 4.90 Å². The number of hydrogen-bond donors (Lipinski definition) is 2. The first-order valence-corrected chi connectivity index (χ1v) is 6.98. The molecule has 0 saturated carbocycles. The minimum Gasteiger partial charge on any atom is -0.492 e. The number of nitrogens with two attached hydrogens (primary N) is 1. The number of amides is 2. The second-order valence-corrected chi connectivity index (χ2v) is 4.78. The average Bonchev–Trinajstić information content (AvgIpc) is 2.46. The Hall–Kier alpha value is -2.08. The molecular formula is C15H23N3O3. The number of benzene rings is 1. The molecule has 6 nitrogen and oxygen atoms in total. The molecule has 0 spiro atoms. The summed E-state index contributed by atoms with van der Waals surface area (Å²) in [6, 6.07) is 5.00. The van der Waals surface area contributed by atoms with Gasteiger partial charge in [0.05, 0.1) is 12.3 Å². The minimum absolute atomic E-state index is 0.114. The lowest BCUT2D eigenvalue weighted by Crippen LogP contribution is -2.22. The predicted molar refractivity (Wildman–Crippen MR) is 82.5 cm³/mol. The average molecular weight is 293 g/mol. The fourth-order valence-electron chi connectivity index (χ4n) is 1.77. The Balaban J connectivity index is 2.93. The van der Waals surface area contributed by atoms with E-state index in [-0.39, 0.29) is 11.8 Å². The summed E-state index contributed by atoms with van der Waals surface area (Å²) in [5, 5.41) is 2.78. The highest BCUT2D eigenvalue weighted by Gasteiger charge is 2.13. The molecule has 0 bridgehead atoms. The number of ether oxygens (including phenoxy) is 1. The number of rotatable bonds is 7. The van der Waals surface area contributed by atoms with Crippen LogP contribution in [0.15, 0.2) is 18.2 Å². The summed E-state index contributed by atoms with van der Waals surface area (Å²) in [6.07, 6.45) is 0.993. The molecule has 0 atom stereocenters. The van der Waals surface area contributed by atoms with Gasteiger partial charge in [-0.3, -0.25) is 9.59 Å². The largest absolute Gasteiger partial charge is 0.492 e. The maximum atomic E-state index is 11.9. The van der Waals surface area contributed by atoms with Gasteiger partial charge in [-0.1, -0.05) is 0 Å². The quantitative estimate of drug-likeness (QED) is 0.797. The van der Waals surface area contributed by atoms with Gasteiger partial charge in [0.1, 0.15) is 5.75 Å². The summed E-state index contributed by atoms with van der Waals surface area (Å²) in [4.78, 5) is 25.2. The van der Waals surface area contributed by atoms with E-state index in [4.69, 9.17) is 10.5 Å². The molecule has 0 aliphatic rings. The van der Waals surface area contributed by atoms with Gasteiger partial charge in [-0.25, -0.2) is 0 Å². The van der Waals surface area contributed by atoms with E-state index in [2.05, 4.69) is 5.32 Å². The number of hydrogen-bond acceptors (Lipinski definition) is 4. The van der Waals surface area contributed by atoms with Gasteiger partial charge in [0, 0.05) is 26.1 Å². The van der Waals surface area contributed by atoms with Crippen molar-refractivity contribution in [2.75, 3.05) is 32.6 Å². The van der Waals surface area contributed by atoms with Crippen LogP contribution in [0.4, 0.5) is 5.69 Å². The van der Waals surface area contributed by atoms with Crippen molar-refractivity contribution in [3.8, 4) is 5.75 Å². The van der Waals surface area contributed by atoms with E-state index in [1.165, 1.54) is 4.90 Å². The van der Waals surface area contributed by atoms with Crippen molar-refractivity contribution in [2.24, 2.45) is 5.73 Å². The third kappa shape index (κ3) is 5.07. The second-order valence-electron chi connectivity index (χ2n) is 4.78. The highest BCUT2D eigenvalue weighted by molar-refractivity contribution is 5.97. The monoisotopic (exact) mass is 293 g/mol. The third-order valence-electron chi connectivity index (χ3n) is 2.82. The normalized spacial score (nSPS) is 10.1. The lowest BCUT2D eigenvalue weighted by Gasteiger charge is -2.15. The molecule has 1 aromatic rings. The van der Waals surface area contributed by atoms with E-state index in [1.807, 2.05) is 6.92 Å². The number of nitrogens with one attached hydrogen (secondary N) is 1. The lowest BCUT2D eigenvalue weighted by molar-refractivity contribution is -0.116.